The number of carboxylic acids is 1. The molecule has 0 aromatic heterocycles. The lowest BCUT2D eigenvalue weighted by Gasteiger charge is -2.38. The summed E-state index contributed by atoms with van der Waals surface area (Å²) in [6.45, 7) is 4.14. The van der Waals surface area contributed by atoms with Crippen LogP contribution < -0.4 is 5.32 Å². The zero-order valence-corrected chi connectivity index (χ0v) is 11.6. The number of nitrogens with one attached hydrogen (secondary N) is 1. The van der Waals surface area contributed by atoms with Gasteiger partial charge in [-0.05, 0) is 33.1 Å². The fourth-order valence-electron chi connectivity index (χ4n) is 3.11. The summed E-state index contributed by atoms with van der Waals surface area (Å²) in [6.07, 6.45) is 4.11. The lowest BCUT2D eigenvalue weighted by molar-refractivity contribution is -0.152. The standard InChI is InChI=1S/C14H23NO4/c1-9-7-10(8-19-9)12(16)15-11-5-3-4-6-14(11,2)13(17)18/h9-11H,3-8H2,1-2H3,(H,15,16)(H,17,18). The maximum absolute atomic E-state index is 12.2. The van der Waals surface area contributed by atoms with Crippen molar-refractivity contribution >= 4 is 11.9 Å². The predicted octanol–water partition coefficient (Wildman–Crippen LogP) is 1.56. The zero-order chi connectivity index (χ0) is 14.0. The van der Waals surface area contributed by atoms with E-state index in [2.05, 4.69) is 5.32 Å². The molecule has 0 aromatic rings. The number of hydrogen-bond donors (Lipinski definition) is 2. The molecule has 1 heterocycles. The van der Waals surface area contributed by atoms with Gasteiger partial charge in [0.25, 0.3) is 0 Å². The monoisotopic (exact) mass is 269 g/mol. The van der Waals surface area contributed by atoms with Crippen LogP contribution in [0.3, 0.4) is 0 Å². The maximum Gasteiger partial charge on any atom is 0.311 e. The Balaban J connectivity index is 2.00. The third-order valence-electron chi connectivity index (χ3n) is 4.58. The van der Waals surface area contributed by atoms with Crippen molar-refractivity contribution < 1.29 is 19.4 Å². The molecule has 4 unspecified atom stereocenters. The Bertz CT molecular complexity index is 370. The van der Waals surface area contributed by atoms with E-state index in [0.29, 0.717) is 13.0 Å². The first-order valence-corrected chi connectivity index (χ1v) is 7.09. The molecule has 5 nitrogen and oxygen atoms in total. The van der Waals surface area contributed by atoms with Gasteiger partial charge in [0, 0.05) is 6.04 Å². The molecule has 2 rings (SSSR count). The number of hydrogen-bond acceptors (Lipinski definition) is 3. The third kappa shape index (κ3) is 2.91. The summed E-state index contributed by atoms with van der Waals surface area (Å²) in [7, 11) is 0. The van der Waals surface area contributed by atoms with Crippen molar-refractivity contribution in [3.63, 3.8) is 0 Å². The van der Waals surface area contributed by atoms with Crippen LogP contribution in [0.4, 0.5) is 0 Å². The molecular weight excluding hydrogens is 246 g/mol. The van der Waals surface area contributed by atoms with Gasteiger partial charge in [-0.2, -0.15) is 0 Å². The van der Waals surface area contributed by atoms with E-state index in [-0.39, 0.29) is 24.0 Å². The number of amides is 1. The summed E-state index contributed by atoms with van der Waals surface area (Å²) in [5, 5.41) is 12.4. The molecule has 1 saturated heterocycles. The van der Waals surface area contributed by atoms with Crippen LogP contribution in [0.25, 0.3) is 0 Å². The summed E-state index contributed by atoms with van der Waals surface area (Å²) in [5.41, 5.74) is -0.834. The Hall–Kier alpha value is -1.10. The molecule has 1 saturated carbocycles. The number of carboxylic acid groups (broad SMARTS) is 1. The Labute approximate surface area is 113 Å². The average molecular weight is 269 g/mol. The first-order chi connectivity index (χ1) is 8.93. The van der Waals surface area contributed by atoms with Crippen molar-refractivity contribution in [3.05, 3.63) is 0 Å². The fourth-order valence-corrected chi connectivity index (χ4v) is 3.11. The van der Waals surface area contributed by atoms with Crippen molar-refractivity contribution in [2.24, 2.45) is 11.3 Å². The lowest BCUT2D eigenvalue weighted by atomic mass is 9.71. The van der Waals surface area contributed by atoms with Crippen LogP contribution in [0.5, 0.6) is 0 Å². The van der Waals surface area contributed by atoms with Crippen molar-refractivity contribution in [2.45, 2.75) is 58.1 Å². The molecule has 5 heteroatoms. The third-order valence-corrected chi connectivity index (χ3v) is 4.58. The van der Waals surface area contributed by atoms with Crippen LogP contribution in [0, 0.1) is 11.3 Å². The fraction of sp³-hybridized carbons (Fsp3) is 0.857. The summed E-state index contributed by atoms with van der Waals surface area (Å²) in [4.78, 5) is 23.7. The van der Waals surface area contributed by atoms with E-state index in [4.69, 9.17) is 4.74 Å². The molecule has 1 aliphatic heterocycles. The van der Waals surface area contributed by atoms with Gasteiger partial charge in [0.1, 0.15) is 0 Å². The molecule has 0 aromatic carbocycles. The van der Waals surface area contributed by atoms with E-state index in [1.54, 1.807) is 6.92 Å². The van der Waals surface area contributed by atoms with E-state index in [9.17, 15) is 14.7 Å². The molecule has 1 aliphatic carbocycles. The Morgan fingerprint density at radius 1 is 1.37 bits per heavy atom. The topological polar surface area (TPSA) is 75.6 Å². The van der Waals surface area contributed by atoms with Crippen LogP contribution in [-0.4, -0.2) is 35.7 Å². The highest BCUT2D eigenvalue weighted by Crippen LogP contribution is 2.36. The maximum atomic E-state index is 12.2. The molecule has 4 atom stereocenters. The molecule has 2 N–H and O–H groups in total. The van der Waals surface area contributed by atoms with Crippen LogP contribution >= 0.6 is 0 Å². The molecule has 1 amide bonds. The minimum atomic E-state index is -0.834. The van der Waals surface area contributed by atoms with Crippen molar-refractivity contribution in [3.8, 4) is 0 Å². The van der Waals surface area contributed by atoms with Gasteiger partial charge < -0.3 is 15.2 Å². The quantitative estimate of drug-likeness (QED) is 0.815. The van der Waals surface area contributed by atoms with Crippen molar-refractivity contribution in [1.82, 2.24) is 5.32 Å². The summed E-state index contributed by atoms with van der Waals surface area (Å²) in [5.74, 6) is -0.993. The Morgan fingerprint density at radius 2 is 2.11 bits per heavy atom. The minimum absolute atomic E-state index is 0.0521. The minimum Gasteiger partial charge on any atom is -0.481 e. The van der Waals surface area contributed by atoms with Gasteiger partial charge in [-0.3, -0.25) is 9.59 Å². The van der Waals surface area contributed by atoms with E-state index in [1.165, 1.54) is 0 Å². The van der Waals surface area contributed by atoms with Gasteiger partial charge in [-0.1, -0.05) is 12.8 Å². The molecule has 108 valence electrons. The molecular formula is C14H23NO4. The van der Waals surface area contributed by atoms with Crippen LogP contribution in [-0.2, 0) is 14.3 Å². The molecule has 2 fully saturated rings. The van der Waals surface area contributed by atoms with E-state index >= 15 is 0 Å². The lowest BCUT2D eigenvalue weighted by Crippen LogP contribution is -2.53. The second-order valence-electron chi connectivity index (χ2n) is 6.11. The van der Waals surface area contributed by atoms with Gasteiger partial charge >= 0.3 is 5.97 Å². The number of ether oxygens (including phenoxy) is 1. The molecule has 0 bridgehead atoms. The second kappa shape index (κ2) is 5.49. The summed E-state index contributed by atoms with van der Waals surface area (Å²) < 4.78 is 5.40. The van der Waals surface area contributed by atoms with Gasteiger partial charge in [-0.15, -0.1) is 0 Å². The highest BCUT2D eigenvalue weighted by atomic mass is 16.5. The highest BCUT2D eigenvalue weighted by molar-refractivity contribution is 5.81. The van der Waals surface area contributed by atoms with Gasteiger partial charge in [-0.25, -0.2) is 0 Å². The van der Waals surface area contributed by atoms with Crippen LogP contribution in [0.1, 0.15) is 46.0 Å². The Kier molecular flexibility index (Phi) is 4.13. The molecule has 2 aliphatic rings. The van der Waals surface area contributed by atoms with E-state index in [1.807, 2.05) is 6.92 Å². The van der Waals surface area contributed by atoms with Gasteiger partial charge in [0.15, 0.2) is 0 Å². The number of aliphatic carboxylic acids is 1. The van der Waals surface area contributed by atoms with Crippen LogP contribution in [0.2, 0.25) is 0 Å². The van der Waals surface area contributed by atoms with Crippen molar-refractivity contribution in [2.75, 3.05) is 6.61 Å². The normalized spacial score (nSPS) is 38.9. The van der Waals surface area contributed by atoms with E-state index in [0.717, 1.165) is 25.7 Å². The largest absolute Gasteiger partial charge is 0.481 e. The van der Waals surface area contributed by atoms with Gasteiger partial charge in [0.05, 0.1) is 24.0 Å². The predicted molar refractivity (Wildman–Crippen MR) is 69.7 cm³/mol. The number of carbonyl (C=O) groups is 2. The molecule has 19 heavy (non-hydrogen) atoms. The smallest absolute Gasteiger partial charge is 0.311 e. The van der Waals surface area contributed by atoms with Crippen molar-refractivity contribution in [1.29, 1.82) is 0 Å². The number of carbonyl (C=O) groups excluding carboxylic acids is 1. The second-order valence-corrected chi connectivity index (χ2v) is 6.11. The summed E-state index contributed by atoms with van der Waals surface area (Å²) in [6, 6.07) is -0.262. The van der Waals surface area contributed by atoms with Gasteiger partial charge in [0.2, 0.25) is 5.91 Å². The SMILES string of the molecule is CC1CC(C(=O)NC2CCCCC2(C)C(=O)O)CO1. The Morgan fingerprint density at radius 3 is 2.68 bits per heavy atom. The van der Waals surface area contributed by atoms with E-state index < -0.39 is 11.4 Å². The average Bonchev–Trinajstić information content (AvgIpc) is 2.79. The summed E-state index contributed by atoms with van der Waals surface area (Å²) >= 11 is 0. The molecule has 0 radical (unpaired) electrons. The van der Waals surface area contributed by atoms with Crippen LogP contribution in [0.15, 0.2) is 0 Å². The zero-order valence-electron chi connectivity index (χ0n) is 11.6. The first kappa shape index (κ1) is 14.3. The molecule has 0 spiro atoms. The highest BCUT2D eigenvalue weighted by Gasteiger charge is 2.44. The number of rotatable bonds is 3. The first-order valence-electron chi connectivity index (χ1n) is 7.09.